The maximum absolute atomic E-state index is 14.2. The Morgan fingerprint density at radius 1 is 1.31 bits per heavy atom. The first kappa shape index (κ1) is 23.8. The Morgan fingerprint density at radius 3 is 2.91 bits per heavy atom. The van der Waals surface area contributed by atoms with Crippen molar-refractivity contribution in [2.24, 2.45) is 5.92 Å². The lowest BCUT2D eigenvalue weighted by molar-refractivity contribution is 0.0596. The minimum Gasteiger partial charge on any atom is -0.492 e. The van der Waals surface area contributed by atoms with Crippen molar-refractivity contribution < 1.29 is 27.1 Å². The molecule has 0 radical (unpaired) electrons. The van der Waals surface area contributed by atoms with Crippen LogP contribution in [0.2, 0.25) is 0 Å². The number of fused-ring (bicyclic) bond motifs is 3. The Balaban J connectivity index is 1.53. The third kappa shape index (κ3) is 4.67. The number of carbonyl (C=O) groups excluding carboxylic acids is 1. The van der Waals surface area contributed by atoms with Crippen LogP contribution >= 0.6 is 0 Å². The number of likely N-dealkylation sites (N-methyl/N-ethyl adjacent to an activating group) is 1. The van der Waals surface area contributed by atoms with E-state index in [1.165, 1.54) is 19.2 Å². The zero-order valence-electron chi connectivity index (χ0n) is 19.8. The minimum absolute atomic E-state index is 0.0586. The highest BCUT2D eigenvalue weighted by atomic mass is 32.2. The van der Waals surface area contributed by atoms with Crippen molar-refractivity contribution in [3.63, 3.8) is 0 Å². The molecule has 2 atom stereocenters. The van der Waals surface area contributed by atoms with Crippen molar-refractivity contribution in [2.45, 2.75) is 37.0 Å². The van der Waals surface area contributed by atoms with Crippen LogP contribution < -0.4 is 9.46 Å². The number of rotatable bonds is 6. The molecule has 9 heteroatoms. The summed E-state index contributed by atoms with van der Waals surface area (Å²) in [5.41, 5.74) is 2.37. The molecule has 0 amide bonds. The number of esters is 1. The number of ether oxygens (including phenoxy) is 2. The Morgan fingerprint density at radius 2 is 2.14 bits per heavy atom. The topological polar surface area (TPSA) is 84.9 Å². The van der Waals surface area contributed by atoms with Gasteiger partial charge in [-0.05, 0) is 73.7 Å². The summed E-state index contributed by atoms with van der Waals surface area (Å²) in [7, 11) is -2.92. The molecule has 1 saturated heterocycles. The number of methoxy groups -OCH3 is 1. The summed E-state index contributed by atoms with van der Waals surface area (Å²) in [4.78, 5) is 14.9. The van der Waals surface area contributed by atoms with Gasteiger partial charge in [-0.1, -0.05) is 24.6 Å². The number of carbonyl (C=O) groups is 1. The van der Waals surface area contributed by atoms with E-state index in [-0.39, 0.29) is 21.7 Å². The van der Waals surface area contributed by atoms with Crippen molar-refractivity contribution >= 4 is 27.8 Å². The molecule has 2 aromatic rings. The molecule has 5 rings (SSSR count). The second kappa shape index (κ2) is 9.28. The Labute approximate surface area is 205 Å². The van der Waals surface area contributed by atoms with Crippen molar-refractivity contribution in [3.8, 4) is 5.75 Å². The summed E-state index contributed by atoms with van der Waals surface area (Å²) in [6.45, 7) is 5.17. The molecule has 0 spiro atoms. The van der Waals surface area contributed by atoms with Gasteiger partial charge < -0.3 is 9.47 Å². The zero-order valence-corrected chi connectivity index (χ0v) is 20.7. The van der Waals surface area contributed by atoms with E-state index >= 15 is 0 Å². The maximum atomic E-state index is 14.2. The first-order valence-electron chi connectivity index (χ1n) is 11.9. The highest BCUT2D eigenvalue weighted by molar-refractivity contribution is 7.92. The number of benzene rings is 2. The molecule has 1 saturated carbocycles. The van der Waals surface area contributed by atoms with Crippen molar-refractivity contribution in [3.05, 3.63) is 58.4 Å². The van der Waals surface area contributed by atoms with Gasteiger partial charge in [0.15, 0.2) is 0 Å². The number of hydrogen-bond donors (Lipinski definition) is 1. The van der Waals surface area contributed by atoms with Gasteiger partial charge in [0, 0.05) is 12.5 Å². The van der Waals surface area contributed by atoms with E-state index in [0.29, 0.717) is 24.2 Å². The van der Waals surface area contributed by atoms with Gasteiger partial charge >= 0.3 is 5.97 Å². The number of halogens is 1. The summed E-state index contributed by atoms with van der Waals surface area (Å²) in [6, 6.07) is 7.00. The van der Waals surface area contributed by atoms with Gasteiger partial charge in [-0.15, -0.1) is 0 Å². The first-order chi connectivity index (χ1) is 16.8. The van der Waals surface area contributed by atoms with E-state index in [4.69, 9.17) is 9.47 Å². The summed E-state index contributed by atoms with van der Waals surface area (Å²) < 4.78 is 54.6. The largest absolute Gasteiger partial charge is 0.492 e. The lowest BCUT2D eigenvalue weighted by Gasteiger charge is -2.27. The van der Waals surface area contributed by atoms with Crippen LogP contribution in [0.1, 0.15) is 53.6 Å². The summed E-state index contributed by atoms with van der Waals surface area (Å²) in [6.07, 6.45) is 4.55. The summed E-state index contributed by atoms with van der Waals surface area (Å²) in [5.74, 6) is -0.0634. The fourth-order valence-corrected chi connectivity index (χ4v) is 6.34. The quantitative estimate of drug-likeness (QED) is 0.592. The predicted octanol–water partition coefficient (Wildman–Crippen LogP) is 4.41. The van der Waals surface area contributed by atoms with Crippen LogP contribution in [0.3, 0.4) is 0 Å². The van der Waals surface area contributed by atoms with Gasteiger partial charge in [0.25, 0.3) is 10.0 Å². The average molecular weight is 501 g/mol. The molecule has 7 nitrogen and oxygen atoms in total. The van der Waals surface area contributed by atoms with Crippen LogP contribution in [0.5, 0.6) is 5.75 Å². The minimum atomic E-state index is -4.16. The molecule has 1 N–H and O–H groups in total. The normalized spacial score (nSPS) is 22.7. The molecule has 2 aromatic carbocycles. The molecule has 1 aliphatic carbocycles. The van der Waals surface area contributed by atoms with E-state index in [9.17, 15) is 17.6 Å². The van der Waals surface area contributed by atoms with Gasteiger partial charge in [-0.25, -0.2) is 17.6 Å². The van der Waals surface area contributed by atoms with Crippen molar-refractivity contribution in [2.75, 3.05) is 38.1 Å². The third-order valence-corrected chi connectivity index (χ3v) is 8.49. The highest BCUT2D eigenvalue weighted by Gasteiger charge is 2.45. The second-order valence-electron chi connectivity index (χ2n) is 9.37. The van der Waals surface area contributed by atoms with E-state index in [2.05, 4.69) is 16.5 Å². The number of anilines is 1. The molecule has 3 aliphatic rings. The van der Waals surface area contributed by atoms with Crippen LogP contribution in [0.25, 0.3) is 6.08 Å². The highest BCUT2D eigenvalue weighted by Crippen LogP contribution is 2.55. The van der Waals surface area contributed by atoms with E-state index < -0.39 is 21.8 Å². The lowest BCUT2D eigenvalue weighted by Crippen LogP contribution is -2.30. The lowest BCUT2D eigenvalue weighted by atomic mass is 10.0. The molecule has 2 fully saturated rings. The van der Waals surface area contributed by atoms with Gasteiger partial charge in [-0.2, -0.15) is 0 Å². The van der Waals surface area contributed by atoms with E-state index in [0.717, 1.165) is 56.1 Å². The summed E-state index contributed by atoms with van der Waals surface area (Å²) in [5, 5.41) is 0. The third-order valence-electron chi connectivity index (χ3n) is 7.05. The second-order valence-corrected chi connectivity index (χ2v) is 11.0. The monoisotopic (exact) mass is 500 g/mol. The van der Waals surface area contributed by atoms with Crippen LogP contribution in [0.15, 0.2) is 40.8 Å². The SMILES string of the molecule is CCN1CCCC(=Cc2cc(F)ccc2S(=O)(=O)Nc2ccc3c(c2C(=O)OC)OC[C@@H]2C[C@H]32)C1. The molecule has 2 aliphatic heterocycles. The van der Waals surface area contributed by atoms with Crippen LogP contribution in [-0.2, 0) is 14.8 Å². The Bertz CT molecular complexity index is 1310. The number of likely N-dealkylation sites (tertiary alicyclic amines) is 1. The predicted molar refractivity (Wildman–Crippen MR) is 131 cm³/mol. The maximum Gasteiger partial charge on any atom is 0.343 e. The smallest absolute Gasteiger partial charge is 0.343 e. The number of sulfonamides is 1. The standard InChI is InChI=1S/C26H29FN2O5S/c1-3-29-10-4-5-16(14-29)11-17-12-19(27)6-9-23(17)35(31,32)28-22-8-7-20-21-13-18(21)15-34-25(20)24(22)26(30)33-2/h6-9,11-12,18,21,28H,3-5,10,13-15H2,1-2H3/t18-,21-/m0/s1. The molecule has 35 heavy (non-hydrogen) atoms. The Hall–Kier alpha value is -2.91. The summed E-state index contributed by atoms with van der Waals surface area (Å²) >= 11 is 0. The first-order valence-corrected chi connectivity index (χ1v) is 13.4. The molecular weight excluding hydrogens is 471 g/mol. The Kier molecular flexibility index (Phi) is 6.31. The fraction of sp³-hybridized carbons (Fsp3) is 0.423. The number of piperidine rings is 1. The van der Waals surface area contributed by atoms with Gasteiger partial charge in [0.2, 0.25) is 0 Å². The molecule has 2 heterocycles. The molecule has 0 bridgehead atoms. The molecule has 186 valence electrons. The number of hydrogen-bond acceptors (Lipinski definition) is 6. The zero-order chi connectivity index (χ0) is 24.7. The van der Waals surface area contributed by atoms with Crippen LogP contribution in [0, 0.1) is 11.7 Å². The van der Waals surface area contributed by atoms with Crippen LogP contribution in [-0.4, -0.2) is 52.6 Å². The van der Waals surface area contributed by atoms with Gasteiger partial charge in [0.05, 0.1) is 24.3 Å². The van der Waals surface area contributed by atoms with E-state index in [1.807, 2.05) is 0 Å². The van der Waals surface area contributed by atoms with Gasteiger partial charge in [-0.3, -0.25) is 9.62 Å². The average Bonchev–Trinajstić information content (AvgIpc) is 3.63. The number of nitrogens with zero attached hydrogens (tertiary/aromatic N) is 1. The number of nitrogens with one attached hydrogen (secondary N) is 1. The van der Waals surface area contributed by atoms with Gasteiger partial charge in [0.1, 0.15) is 17.1 Å². The van der Waals surface area contributed by atoms with E-state index in [1.54, 1.807) is 18.2 Å². The van der Waals surface area contributed by atoms with Crippen molar-refractivity contribution in [1.29, 1.82) is 0 Å². The van der Waals surface area contributed by atoms with Crippen molar-refractivity contribution in [1.82, 2.24) is 4.90 Å². The molecular formula is C26H29FN2O5S. The molecule has 0 unspecified atom stereocenters. The van der Waals surface area contributed by atoms with Crippen LogP contribution in [0.4, 0.5) is 10.1 Å². The molecule has 0 aromatic heterocycles. The fourth-order valence-electron chi connectivity index (χ4n) is 5.10.